The van der Waals surface area contributed by atoms with Crippen LogP contribution in [0.2, 0.25) is 0 Å². The van der Waals surface area contributed by atoms with Crippen LogP contribution in [0.15, 0.2) is 84.9 Å². The number of rotatable bonds is 7. The lowest BCUT2D eigenvalue weighted by Gasteiger charge is -2.47. The lowest BCUT2D eigenvalue weighted by Crippen LogP contribution is -2.66. The van der Waals surface area contributed by atoms with Gasteiger partial charge in [0.1, 0.15) is 5.54 Å². The van der Waals surface area contributed by atoms with Gasteiger partial charge in [0.25, 0.3) is 0 Å². The second kappa shape index (κ2) is 7.89. The quantitative estimate of drug-likeness (QED) is 0.541. The molecule has 0 spiro atoms. The normalized spacial score (nSPS) is 13.4. The van der Waals surface area contributed by atoms with Gasteiger partial charge in [-0.05, 0) is 23.6 Å². The van der Waals surface area contributed by atoms with Crippen LogP contribution in [0.3, 0.4) is 0 Å². The third-order valence-corrected chi connectivity index (χ3v) is 5.40. The first-order valence-corrected chi connectivity index (χ1v) is 9.31. The highest BCUT2D eigenvalue weighted by Crippen LogP contribution is 2.48. The minimum Gasteiger partial charge on any atom is -0.480 e. The molecule has 0 fully saturated rings. The van der Waals surface area contributed by atoms with Gasteiger partial charge in [-0.15, -0.1) is 0 Å². The first-order valence-electron chi connectivity index (χ1n) is 9.31. The lowest BCUT2D eigenvalue weighted by atomic mass is 9.57. The summed E-state index contributed by atoms with van der Waals surface area (Å²) >= 11 is 0. The zero-order chi connectivity index (χ0) is 21.1. The van der Waals surface area contributed by atoms with E-state index in [1.165, 1.54) is 0 Å². The van der Waals surface area contributed by atoms with Crippen LogP contribution in [0, 0.1) is 6.92 Å². The first kappa shape index (κ1) is 20.3. The van der Waals surface area contributed by atoms with Gasteiger partial charge in [-0.3, -0.25) is 9.59 Å². The van der Waals surface area contributed by atoms with Gasteiger partial charge in [0, 0.05) is 0 Å². The van der Waals surface area contributed by atoms with Crippen LogP contribution < -0.4 is 11.5 Å². The van der Waals surface area contributed by atoms with Crippen molar-refractivity contribution < 1.29 is 14.7 Å². The molecule has 0 bridgehead atoms. The number of aliphatic carboxylic acids is 1. The van der Waals surface area contributed by atoms with E-state index < -0.39 is 29.3 Å². The summed E-state index contributed by atoms with van der Waals surface area (Å²) in [5.74, 6) is -2.08. The van der Waals surface area contributed by atoms with Crippen molar-refractivity contribution in [2.24, 2.45) is 11.5 Å². The summed E-state index contributed by atoms with van der Waals surface area (Å²) in [5, 5.41) is 10.3. The topological polar surface area (TPSA) is 106 Å². The Morgan fingerprint density at radius 1 is 0.793 bits per heavy atom. The molecule has 1 amide bonds. The molecule has 0 saturated heterocycles. The highest BCUT2D eigenvalue weighted by Gasteiger charge is 2.58. The van der Waals surface area contributed by atoms with Crippen LogP contribution in [0.4, 0.5) is 0 Å². The van der Waals surface area contributed by atoms with Crippen LogP contribution >= 0.6 is 0 Å². The van der Waals surface area contributed by atoms with E-state index in [-0.39, 0.29) is 0 Å². The lowest BCUT2D eigenvalue weighted by molar-refractivity contribution is -0.147. The van der Waals surface area contributed by atoms with Crippen molar-refractivity contribution >= 4 is 11.9 Å². The number of benzene rings is 3. The fourth-order valence-corrected chi connectivity index (χ4v) is 4.10. The van der Waals surface area contributed by atoms with Gasteiger partial charge in [0.2, 0.25) is 5.91 Å². The molecule has 0 unspecified atom stereocenters. The summed E-state index contributed by atoms with van der Waals surface area (Å²) < 4.78 is 0. The summed E-state index contributed by atoms with van der Waals surface area (Å²) in [5.41, 5.74) is 11.8. The molecule has 0 aliphatic carbocycles. The van der Waals surface area contributed by atoms with E-state index in [2.05, 4.69) is 0 Å². The third-order valence-electron chi connectivity index (χ3n) is 5.40. The molecule has 0 aliphatic rings. The Morgan fingerprint density at radius 2 is 1.21 bits per heavy atom. The highest BCUT2D eigenvalue weighted by molar-refractivity contribution is 5.91. The molecule has 1 atom stereocenters. The molecule has 0 aromatic heterocycles. The molecule has 0 aliphatic heterocycles. The average Bonchev–Trinajstić information content (AvgIpc) is 2.71. The van der Waals surface area contributed by atoms with Crippen LogP contribution in [-0.2, 0) is 15.0 Å². The standard InChI is InChI=1S/C24H24N2O3/c1-17-12-14-20(15-13-17)24(18-8-4-2-5-9-18,19-10-6-3-7-11-19)23(26,22(28)29)16-21(25)27/h2-15H,16,26H2,1H3,(H2,25,27)(H,28,29)/t23-/m0/s1. The predicted octanol–water partition coefficient (Wildman–Crippen LogP) is 2.99. The number of carboxylic acid groups (broad SMARTS) is 1. The maximum absolute atomic E-state index is 12.7. The molecule has 3 aromatic carbocycles. The van der Waals surface area contributed by atoms with Crippen molar-refractivity contribution in [3.63, 3.8) is 0 Å². The molecule has 5 nitrogen and oxygen atoms in total. The number of hydrogen-bond acceptors (Lipinski definition) is 3. The molecule has 0 saturated carbocycles. The molecule has 5 heteroatoms. The second-order valence-electron chi connectivity index (χ2n) is 7.27. The number of hydrogen-bond donors (Lipinski definition) is 3. The Labute approximate surface area is 170 Å². The second-order valence-corrected chi connectivity index (χ2v) is 7.27. The van der Waals surface area contributed by atoms with Crippen molar-refractivity contribution in [1.29, 1.82) is 0 Å². The summed E-state index contributed by atoms with van der Waals surface area (Å²) in [6, 6.07) is 25.9. The SMILES string of the molecule is Cc1ccc(C(c2ccccc2)(c2ccccc2)[C@](N)(CC(N)=O)C(=O)O)cc1. The smallest absolute Gasteiger partial charge is 0.325 e. The number of carboxylic acids is 1. The Kier molecular flexibility index (Phi) is 5.52. The summed E-state index contributed by atoms with van der Waals surface area (Å²) in [4.78, 5) is 24.7. The molecule has 5 N–H and O–H groups in total. The number of aryl methyl sites for hydroxylation is 1. The fraction of sp³-hybridized carbons (Fsp3) is 0.167. The van der Waals surface area contributed by atoms with E-state index in [9.17, 15) is 14.7 Å². The molecule has 148 valence electrons. The van der Waals surface area contributed by atoms with E-state index in [0.29, 0.717) is 16.7 Å². The molecule has 3 rings (SSSR count). The maximum Gasteiger partial charge on any atom is 0.325 e. The molecular formula is C24H24N2O3. The fourth-order valence-electron chi connectivity index (χ4n) is 4.10. The van der Waals surface area contributed by atoms with Crippen molar-refractivity contribution in [3.05, 3.63) is 107 Å². The highest BCUT2D eigenvalue weighted by atomic mass is 16.4. The maximum atomic E-state index is 12.7. The van der Waals surface area contributed by atoms with Crippen LogP contribution in [0.1, 0.15) is 28.7 Å². The van der Waals surface area contributed by atoms with Gasteiger partial charge in [-0.25, -0.2) is 0 Å². The van der Waals surface area contributed by atoms with Gasteiger partial charge in [-0.1, -0.05) is 90.5 Å². The number of carbonyl (C=O) groups excluding carboxylic acids is 1. The van der Waals surface area contributed by atoms with E-state index in [4.69, 9.17) is 11.5 Å². The van der Waals surface area contributed by atoms with Crippen LogP contribution in [0.25, 0.3) is 0 Å². The molecular weight excluding hydrogens is 364 g/mol. The minimum atomic E-state index is -2.02. The van der Waals surface area contributed by atoms with E-state index in [1.54, 1.807) is 0 Å². The Bertz CT molecular complexity index is 962. The Morgan fingerprint density at radius 3 is 1.59 bits per heavy atom. The van der Waals surface area contributed by atoms with Crippen LogP contribution in [0.5, 0.6) is 0 Å². The summed E-state index contributed by atoms with van der Waals surface area (Å²) in [6.07, 6.45) is -0.528. The van der Waals surface area contributed by atoms with E-state index >= 15 is 0 Å². The zero-order valence-corrected chi connectivity index (χ0v) is 16.2. The molecule has 0 heterocycles. The minimum absolute atomic E-state index is 0.528. The van der Waals surface area contributed by atoms with Gasteiger partial charge in [0.15, 0.2) is 0 Å². The summed E-state index contributed by atoms with van der Waals surface area (Å²) in [6.45, 7) is 1.95. The van der Waals surface area contributed by atoms with Crippen molar-refractivity contribution in [2.75, 3.05) is 0 Å². The van der Waals surface area contributed by atoms with Crippen molar-refractivity contribution in [3.8, 4) is 0 Å². The number of carbonyl (C=O) groups is 2. The monoisotopic (exact) mass is 388 g/mol. The van der Waals surface area contributed by atoms with E-state index in [0.717, 1.165) is 5.56 Å². The largest absolute Gasteiger partial charge is 0.480 e. The zero-order valence-electron chi connectivity index (χ0n) is 16.2. The molecule has 3 aromatic rings. The predicted molar refractivity (Wildman–Crippen MR) is 112 cm³/mol. The Balaban J connectivity index is 2.51. The number of amides is 1. The number of nitrogens with two attached hydrogens (primary N) is 2. The van der Waals surface area contributed by atoms with E-state index in [1.807, 2.05) is 91.9 Å². The average molecular weight is 388 g/mol. The van der Waals surface area contributed by atoms with Crippen molar-refractivity contribution in [2.45, 2.75) is 24.3 Å². The summed E-state index contributed by atoms with van der Waals surface area (Å²) in [7, 11) is 0. The molecule has 0 radical (unpaired) electrons. The third kappa shape index (κ3) is 3.41. The number of primary amides is 1. The van der Waals surface area contributed by atoms with Gasteiger partial charge < -0.3 is 16.6 Å². The van der Waals surface area contributed by atoms with Gasteiger partial charge in [-0.2, -0.15) is 0 Å². The van der Waals surface area contributed by atoms with Gasteiger partial charge in [0.05, 0.1) is 11.8 Å². The van der Waals surface area contributed by atoms with Crippen molar-refractivity contribution in [1.82, 2.24) is 0 Å². The Hall–Kier alpha value is -3.44. The molecule has 29 heavy (non-hydrogen) atoms. The first-order chi connectivity index (χ1) is 13.8. The van der Waals surface area contributed by atoms with Crippen LogP contribution in [-0.4, -0.2) is 22.5 Å². The van der Waals surface area contributed by atoms with Gasteiger partial charge >= 0.3 is 5.97 Å².